The molecule has 3 aromatic rings. The molecule has 1 aromatic carbocycles. The van der Waals surface area contributed by atoms with E-state index in [1.165, 1.54) is 10.9 Å². The molecule has 0 spiro atoms. The van der Waals surface area contributed by atoms with E-state index < -0.39 is 31.1 Å². The highest BCUT2D eigenvalue weighted by molar-refractivity contribution is 9.10. The average molecular weight is 451 g/mol. The zero-order valence-electron chi connectivity index (χ0n) is 14.6. The van der Waals surface area contributed by atoms with Crippen LogP contribution >= 0.6 is 15.9 Å². The summed E-state index contributed by atoms with van der Waals surface area (Å²) < 4.78 is 8.16. The van der Waals surface area contributed by atoms with Gasteiger partial charge in [-0.15, -0.1) is 0 Å². The minimum atomic E-state index is -1.28. The van der Waals surface area contributed by atoms with Crippen molar-refractivity contribution in [1.82, 2.24) is 19.5 Å². The van der Waals surface area contributed by atoms with Crippen LogP contribution in [-0.4, -0.2) is 59.8 Å². The van der Waals surface area contributed by atoms with Crippen molar-refractivity contribution in [2.45, 2.75) is 31.1 Å². The number of hydrogen-bond acceptors (Lipinski definition) is 9. The number of fused-ring (bicyclic) bond motifs is 1. The van der Waals surface area contributed by atoms with E-state index in [-0.39, 0.29) is 5.82 Å². The lowest BCUT2D eigenvalue weighted by Gasteiger charge is -2.19. The van der Waals surface area contributed by atoms with Gasteiger partial charge in [-0.25, -0.2) is 15.0 Å². The zero-order valence-corrected chi connectivity index (χ0v) is 16.2. The smallest absolute Gasteiger partial charge is 0.207 e. The third kappa shape index (κ3) is 3.31. The van der Waals surface area contributed by atoms with Gasteiger partial charge >= 0.3 is 0 Å². The first-order valence-electron chi connectivity index (χ1n) is 8.58. The van der Waals surface area contributed by atoms with Crippen LogP contribution in [0.15, 0.2) is 35.1 Å². The number of nitrogens with zero attached hydrogens (tertiary/aromatic N) is 4. The zero-order chi connectivity index (χ0) is 19.8. The Hall–Kier alpha value is -2.31. The van der Waals surface area contributed by atoms with Gasteiger partial charge in [0.15, 0.2) is 23.2 Å². The van der Waals surface area contributed by atoms with Crippen LogP contribution in [0.3, 0.4) is 0 Å². The first-order chi connectivity index (χ1) is 13.5. The van der Waals surface area contributed by atoms with E-state index in [2.05, 4.69) is 36.2 Å². The first kappa shape index (κ1) is 19.0. The Labute approximate surface area is 168 Å². The largest absolute Gasteiger partial charge is 0.394 e. The number of imidazole rings is 1. The number of nitrogens with one attached hydrogen (secondary N) is 1. The van der Waals surface area contributed by atoms with Gasteiger partial charge in [0.25, 0.3) is 0 Å². The van der Waals surface area contributed by atoms with Crippen molar-refractivity contribution in [1.29, 1.82) is 0 Å². The fourth-order valence-electron chi connectivity index (χ4n) is 3.17. The number of rotatable bonds is 5. The molecule has 1 aliphatic rings. The lowest BCUT2D eigenvalue weighted by Crippen LogP contribution is -2.33. The number of anilines is 2. The molecule has 10 nitrogen and oxygen atoms in total. The van der Waals surface area contributed by atoms with Crippen LogP contribution in [0.2, 0.25) is 0 Å². The molecule has 4 rings (SSSR count). The summed E-state index contributed by atoms with van der Waals surface area (Å²) in [5, 5.41) is 33.2. The van der Waals surface area contributed by atoms with Crippen LogP contribution < -0.4 is 11.1 Å². The van der Waals surface area contributed by atoms with E-state index >= 15 is 0 Å². The Bertz CT molecular complexity index is 982. The number of nitrogen functional groups attached to an aromatic ring is 1. The molecule has 2 unspecified atom stereocenters. The summed E-state index contributed by atoms with van der Waals surface area (Å²) in [4.78, 5) is 12.6. The molecule has 3 heterocycles. The number of nitrogens with two attached hydrogens (primary N) is 1. The fraction of sp³-hybridized carbons (Fsp3) is 0.353. The Kier molecular flexibility index (Phi) is 5.17. The normalized spacial score (nSPS) is 24.7. The van der Waals surface area contributed by atoms with Gasteiger partial charge in [0.05, 0.1) is 6.61 Å². The van der Waals surface area contributed by atoms with Gasteiger partial charge in [0, 0.05) is 11.0 Å². The summed E-state index contributed by atoms with van der Waals surface area (Å²) in [5.74, 6) is 0.530. The minimum absolute atomic E-state index is 0.183. The van der Waals surface area contributed by atoms with Crippen LogP contribution in [0.5, 0.6) is 0 Å². The van der Waals surface area contributed by atoms with Crippen LogP contribution in [0.4, 0.5) is 11.8 Å². The molecule has 148 valence electrons. The van der Waals surface area contributed by atoms with E-state index in [4.69, 9.17) is 10.5 Å². The molecule has 1 aliphatic heterocycles. The van der Waals surface area contributed by atoms with Crippen LogP contribution in [0.25, 0.3) is 11.2 Å². The second kappa shape index (κ2) is 7.60. The molecule has 1 saturated heterocycles. The second-order valence-corrected chi connectivity index (χ2v) is 7.36. The van der Waals surface area contributed by atoms with Crippen molar-refractivity contribution in [3.8, 4) is 0 Å². The number of halogens is 1. The number of aromatic nitrogens is 4. The molecule has 0 amide bonds. The number of aliphatic hydroxyl groups is 3. The molecule has 28 heavy (non-hydrogen) atoms. The summed E-state index contributed by atoms with van der Waals surface area (Å²) in [5.41, 5.74) is 7.62. The van der Waals surface area contributed by atoms with Gasteiger partial charge in [-0.05, 0) is 17.7 Å². The molecule has 0 saturated carbocycles. The third-order valence-corrected chi connectivity index (χ3v) is 5.17. The maximum atomic E-state index is 10.5. The standard InChI is InChI=1S/C17H19BrN6O4/c18-9-3-1-8(2-4-9)5-20-17-23-11-14(19)21-7-22-15(11)24(17)16-13(27)12(26)10(6-25)28-16/h1-4,7,10,12-13,16,25-27H,5-6H2,(H,20,23)(H2,19,21,22)/t10-,12?,13?,16-/m1/s1. The van der Waals surface area contributed by atoms with Crippen molar-refractivity contribution >= 4 is 38.9 Å². The predicted molar refractivity (Wildman–Crippen MR) is 104 cm³/mol. The third-order valence-electron chi connectivity index (χ3n) is 4.64. The lowest BCUT2D eigenvalue weighted by atomic mass is 10.1. The van der Waals surface area contributed by atoms with Crippen LogP contribution in [0, 0.1) is 0 Å². The van der Waals surface area contributed by atoms with E-state index in [0.29, 0.717) is 23.7 Å². The molecule has 1 fully saturated rings. The molecule has 0 radical (unpaired) electrons. The second-order valence-electron chi connectivity index (χ2n) is 6.45. The van der Waals surface area contributed by atoms with Crippen molar-refractivity contribution in [2.24, 2.45) is 0 Å². The Morgan fingerprint density at radius 3 is 2.61 bits per heavy atom. The van der Waals surface area contributed by atoms with Crippen molar-refractivity contribution < 1.29 is 20.1 Å². The maximum absolute atomic E-state index is 10.5. The van der Waals surface area contributed by atoms with Gasteiger partial charge < -0.3 is 31.1 Å². The molecule has 6 N–H and O–H groups in total. The Balaban J connectivity index is 1.72. The molecule has 0 aliphatic carbocycles. The summed E-state index contributed by atoms with van der Waals surface area (Å²) in [7, 11) is 0. The quantitative estimate of drug-likeness (QED) is 0.371. The van der Waals surface area contributed by atoms with Gasteiger partial charge in [-0.2, -0.15) is 0 Å². The number of ether oxygens (including phenoxy) is 1. The highest BCUT2D eigenvalue weighted by Crippen LogP contribution is 2.35. The summed E-state index contributed by atoms with van der Waals surface area (Å²) in [6, 6.07) is 7.75. The number of hydrogen-bond donors (Lipinski definition) is 5. The highest BCUT2D eigenvalue weighted by atomic mass is 79.9. The first-order valence-corrected chi connectivity index (χ1v) is 9.38. The van der Waals surface area contributed by atoms with Gasteiger partial charge in [0.1, 0.15) is 24.6 Å². The maximum Gasteiger partial charge on any atom is 0.207 e. The van der Waals surface area contributed by atoms with E-state index in [0.717, 1.165) is 10.0 Å². The van der Waals surface area contributed by atoms with E-state index in [9.17, 15) is 15.3 Å². The molecule has 0 bridgehead atoms. The minimum Gasteiger partial charge on any atom is -0.394 e. The molecule has 11 heteroatoms. The summed E-state index contributed by atoms with van der Waals surface area (Å²) in [6.45, 7) is 0.0128. The fourth-order valence-corrected chi connectivity index (χ4v) is 3.43. The van der Waals surface area contributed by atoms with E-state index in [1.807, 2.05) is 24.3 Å². The lowest BCUT2D eigenvalue weighted by molar-refractivity contribution is -0.0501. The topological polar surface area (TPSA) is 152 Å². The van der Waals surface area contributed by atoms with Crippen LogP contribution in [0.1, 0.15) is 11.8 Å². The Morgan fingerprint density at radius 1 is 1.18 bits per heavy atom. The van der Waals surface area contributed by atoms with Crippen molar-refractivity contribution in [3.63, 3.8) is 0 Å². The predicted octanol–water partition coefficient (Wildman–Crippen LogP) is 0.395. The SMILES string of the molecule is Nc1ncnc2c1nc(NCc1ccc(Br)cc1)n2[C@@H]1O[C@H](CO)C(O)C1O. The molecule has 2 aromatic heterocycles. The summed E-state index contributed by atoms with van der Waals surface area (Å²) in [6.07, 6.45) is -3.16. The van der Waals surface area contributed by atoms with Gasteiger partial charge in [-0.3, -0.25) is 4.57 Å². The average Bonchev–Trinajstić information content (AvgIpc) is 3.20. The Morgan fingerprint density at radius 2 is 1.93 bits per heavy atom. The van der Waals surface area contributed by atoms with Gasteiger partial charge in [0.2, 0.25) is 5.95 Å². The number of aliphatic hydroxyl groups excluding tert-OH is 3. The summed E-state index contributed by atoms with van der Waals surface area (Å²) >= 11 is 3.40. The van der Waals surface area contributed by atoms with E-state index in [1.54, 1.807) is 0 Å². The monoisotopic (exact) mass is 450 g/mol. The molecule has 4 atom stereocenters. The van der Waals surface area contributed by atoms with Crippen LogP contribution in [-0.2, 0) is 11.3 Å². The molecular formula is C17H19BrN6O4. The molecular weight excluding hydrogens is 432 g/mol. The van der Waals surface area contributed by atoms with Gasteiger partial charge in [-0.1, -0.05) is 28.1 Å². The van der Waals surface area contributed by atoms with Crippen molar-refractivity contribution in [2.75, 3.05) is 17.7 Å². The van der Waals surface area contributed by atoms with Crippen molar-refractivity contribution in [3.05, 3.63) is 40.6 Å². The number of benzene rings is 1. The highest BCUT2D eigenvalue weighted by Gasteiger charge is 2.45.